The van der Waals surface area contributed by atoms with Gasteiger partial charge in [-0.15, -0.1) is 0 Å². The molecule has 1 unspecified atom stereocenters. The molecule has 1 aliphatic carbocycles. The number of fused-ring (bicyclic) bond motifs is 5. The third-order valence-corrected chi connectivity index (χ3v) is 12.5. The van der Waals surface area contributed by atoms with Crippen LogP contribution in [-0.4, -0.2) is 74.6 Å². The maximum atomic E-state index is 13.2. The van der Waals surface area contributed by atoms with Gasteiger partial charge in [0.25, 0.3) is 0 Å². The second-order valence-corrected chi connectivity index (χ2v) is 15.8. The zero-order valence-corrected chi connectivity index (χ0v) is 29.4. The molecule has 6 atom stereocenters. The van der Waals surface area contributed by atoms with E-state index in [-0.39, 0.29) is 17.4 Å². The fraction of sp³-hybridized carbons (Fsp3) is 0.571. The number of benzene rings is 1. The maximum absolute atomic E-state index is 13.2. The zero-order valence-electron chi connectivity index (χ0n) is 29.4. The van der Waals surface area contributed by atoms with Crippen molar-refractivity contribution in [2.45, 2.75) is 114 Å². The number of nitrogens with zero attached hydrogens (tertiary/aromatic N) is 3. The van der Waals surface area contributed by atoms with Gasteiger partial charge in [-0.1, -0.05) is 44.1 Å². The standard InChI is InChI=1S/C42H55N5O2/c1-2-3-10-16-37(48)44-30-17-18-36-33(26-30)32-19-22-43-38(39(32)45-36)34-28-42(49)21-12-7-4-5-8-13-23-46-25-20-35(34)41(29-46)27-31-15-11-6-9-14-24-47(31)40(41)42/h4,7,11,15,17-19,22,26,28,31,35,40,45,49H,2-3,5-6,8-10,12-14,16,20-21,23-25,27,29H2,1H3,(H,44,48)/b7-4-,15-11-/t31-,35-,40+,41-,42-/m0/s1. The Balaban J connectivity index is 1.24. The van der Waals surface area contributed by atoms with Crippen molar-refractivity contribution in [3.05, 3.63) is 66.5 Å². The highest BCUT2D eigenvalue weighted by Gasteiger charge is 2.65. The van der Waals surface area contributed by atoms with E-state index in [1.165, 1.54) is 31.3 Å². The third kappa shape index (κ3) is 6.10. The van der Waals surface area contributed by atoms with Gasteiger partial charge in [-0.05, 0) is 132 Å². The fourth-order valence-electron chi connectivity index (χ4n) is 10.5. The van der Waals surface area contributed by atoms with Gasteiger partial charge in [0.1, 0.15) is 0 Å². The molecule has 8 rings (SSSR count). The summed E-state index contributed by atoms with van der Waals surface area (Å²) in [5, 5.41) is 18.6. The van der Waals surface area contributed by atoms with Crippen LogP contribution in [0.5, 0.6) is 0 Å². The van der Waals surface area contributed by atoms with E-state index in [0.29, 0.717) is 18.4 Å². The Labute approximate surface area is 291 Å². The topological polar surface area (TPSA) is 84.5 Å². The number of pyridine rings is 1. The number of nitrogens with one attached hydrogen (secondary N) is 2. The van der Waals surface area contributed by atoms with Crippen molar-refractivity contribution in [2.75, 3.05) is 31.5 Å². The highest BCUT2D eigenvalue weighted by atomic mass is 16.3. The van der Waals surface area contributed by atoms with Crippen LogP contribution in [0.25, 0.3) is 27.4 Å². The predicted octanol–water partition coefficient (Wildman–Crippen LogP) is 8.37. The lowest BCUT2D eigenvalue weighted by Gasteiger charge is -2.58. The van der Waals surface area contributed by atoms with E-state index in [1.807, 2.05) is 12.3 Å². The molecule has 1 amide bonds. The molecule has 3 aromatic rings. The van der Waals surface area contributed by atoms with Crippen molar-refractivity contribution in [3.63, 3.8) is 0 Å². The molecule has 4 aliphatic heterocycles. The number of allylic oxidation sites excluding steroid dienone is 4. The number of anilines is 1. The van der Waals surface area contributed by atoms with Gasteiger partial charge >= 0.3 is 0 Å². The molecule has 2 saturated heterocycles. The van der Waals surface area contributed by atoms with Crippen molar-refractivity contribution in [1.29, 1.82) is 0 Å². The number of aromatic amines is 1. The van der Waals surface area contributed by atoms with Crippen LogP contribution in [0, 0.1) is 11.3 Å². The van der Waals surface area contributed by atoms with Gasteiger partial charge in [0.2, 0.25) is 5.91 Å². The molecule has 0 saturated carbocycles. The molecule has 7 nitrogen and oxygen atoms in total. The van der Waals surface area contributed by atoms with Gasteiger partial charge < -0.3 is 20.3 Å². The Hall–Kier alpha value is -3.26. The minimum absolute atomic E-state index is 0.0563. The first-order valence-corrected chi connectivity index (χ1v) is 19.4. The lowest BCUT2D eigenvalue weighted by molar-refractivity contribution is -0.116. The number of unbranched alkanes of at least 4 members (excludes halogenated alkanes) is 2. The molecule has 5 aliphatic rings. The summed E-state index contributed by atoms with van der Waals surface area (Å²) in [5.41, 5.74) is 4.12. The summed E-state index contributed by atoms with van der Waals surface area (Å²) in [5.74, 6) is 0.394. The van der Waals surface area contributed by atoms with Gasteiger partial charge in [0.15, 0.2) is 0 Å². The minimum atomic E-state index is -0.958. The summed E-state index contributed by atoms with van der Waals surface area (Å²) < 4.78 is 0. The van der Waals surface area contributed by atoms with Crippen LogP contribution in [-0.2, 0) is 4.79 Å². The van der Waals surface area contributed by atoms with E-state index in [1.54, 1.807) is 0 Å². The average molecular weight is 662 g/mol. The molecule has 7 heteroatoms. The Kier molecular flexibility index (Phi) is 9.27. The molecule has 0 radical (unpaired) electrons. The molecule has 2 aromatic heterocycles. The summed E-state index contributed by atoms with van der Waals surface area (Å²) in [7, 11) is 0. The monoisotopic (exact) mass is 661 g/mol. The predicted molar refractivity (Wildman–Crippen MR) is 200 cm³/mol. The van der Waals surface area contributed by atoms with E-state index in [4.69, 9.17) is 4.98 Å². The molecule has 3 bridgehead atoms. The van der Waals surface area contributed by atoms with E-state index >= 15 is 0 Å². The average Bonchev–Trinajstić information content (AvgIpc) is 3.60. The summed E-state index contributed by atoms with van der Waals surface area (Å²) >= 11 is 0. The molecular formula is C42H55N5O2. The van der Waals surface area contributed by atoms with E-state index < -0.39 is 5.60 Å². The number of carbonyl (C=O) groups is 1. The number of aromatic nitrogens is 2. The van der Waals surface area contributed by atoms with E-state index in [0.717, 1.165) is 117 Å². The molecule has 3 N–H and O–H groups in total. The van der Waals surface area contributed by atoms with Crippen molar-refractivity contribution >= 4 is 39.0 Å². The second kappa shape index (κ2) is 13.8. The SMILES string of the molecule is CCCCCC(=O)Nc1ccc2[nH]c3c(C4=C[C@@]5(O)CC/C=C\CCCCN6CC[C@@H]4[C@]4(C[C@@H]7/C=C\CCCCN7[C@H]45)C6)nccc3c2c1. The molecule has 2 fully saturated rings. The number of H-pyrrole nitrogens is 1. The van der Waals surface area contributed by atoms with Gasteiger partial charge in [-0.2, -0.15) is 0 Å². The molecule has 49 heavy (non-hydrogen) atoms. The molecular weight excluding hydrogens is 606 g/mol. The zero-order chi connectivity index (χ0) is 33.4. The number of carbonyl (C=O) groups excluding carboxylic acids is 1. The van der Waals surface area contributed by atoms with Crippen molar-refractivity contribution in [2.24, 2.45) is 11.3 Å². The smallest absolute Gasteiger partial charge is 0.224 e. The van der Waals surface area contributed by atoms with E-state index in [2.05, 4.69) is 75.6 Å². The Bertz CT molecular complexity index is 1770. The van der Waals surface area contributed by atoms with Gasteiger partial charge in [0.05, 0.1) is 22.9 Å². The molecule has 1 aromatic carbocycles. The number of rotatable bonds is 6. The Morgan fingerprint density at radius 2 is 1.88 bits per heavy atom. The quantitative estimate of drug-likeness (QED) is 0.183. The van der Waals surface area contributed by atoms with Crippen LogP contribution in [0.2, 0.25) is 0 Å². The summed E-state index contributed by atoms with van der Waals surface area (Å²) in [6.07, 6.45) is 28.4. The van der Waals surface area contributed by atoms with Crippen molar-refractivity contribution in [3.8, 4) is 0 Å². The number of amides is 1. The summed E-state index contributed by atoms with van der Waals surface area (Å²) in [6, 6.07) is 8.76. The lowest BCUT2D eigenvalue weighted by atomic mass is 9.54. The third-order valence-electron chi connectivity index (χ3n) is 12.5. The van der Waals surface area contributed by atoms with Crippen LogP contribution in [0.4, 0.5) is 5.69 Å². The molecule has 1 spiro atoms. The largest absolute Gasteiger partial charge is 0.384 e. The van der Waals surface area contributed by atoms with Crippen LogP contribution >= 0.6 is 0 Å². The van der Waals surface area contributed by atoms with Crippen molar-refractivity contribution in [1.82, 2.24) is 19.8 Å². The molecule has 260 valence electrons. The second-order valence-electron chi connectivity index (χ2n) is 15.8. The van der Waals surface area contributed by atoms with Gasteiger partial charge in [-0.25, -0.2) is 0 Å². The van der Waals surface area contributed by atoms with Crippen molar-refractivity contribution < 1.29 is 9.90 Å². The van der Waals surface area contributed by atoms with E-state index in [9.17, 15) is 9.90 Å². The normalized spacial score (nSPS) is 33.3. The first-order valence-electron chi connectivity index (χ1n) is 19.4. The number of aliphatic hydroxyl groups is 1. The van der Waals surface area contributed by atoms with Crippen LogP contribution in [0.1, 0.15) is 103 Å². The minimum Gasteiger partial charge on any atom is -0.384 e. The highest BCUT2D eigenvalue weighted by molar-refractivity contribution is 6.11. The number of hydrogen-bond donors (Lipinski definition) is 3. The van der Waals surface area contributed by atoms with Crippen LogP contribution in [0.3, 0.4) is 0 Å². The highest BCUT2D eigenvalue weighted by Crippen LogP contribution is 2.61. The van der Waals surface area contributed by atoms with Gasteiger partial charge in [0, 0.05) is 52.6 Å². The van der Waals surface area contributed by atoms with Crippen LogP contribution < -0.4 is 5.32 Å². The number of hydrogen-bond acceptors (Lipinski definition) is 5. The Morgan fingerprint density at radius 3 is 2.78 bits per heavy atom. The fourth-order valence-corrected chi connectivity index (χ4v) is 10.5. The number of piperidine rings is 1. The first-order chi connectivity index (χ1) is 24.0. The summed E-state index contributed by atoms with van der Waals surface area (Å²) in [6.45, 7) is 6.49. The first kappa shape index (κ1) is 32.9. The summed E-state index contributed by atoms with van der Waals surface area (Å²) in [4.78, 5) is 27.1. The maximum Gasteiger partial charge on any atom is 0.224 e. The Morgan fingerprint density at radius 1 is 1.02 bits per heavy atom. The van der Waals surface area contributed by atoms with Crippen LogP contribution in [0.15, 0.2) is 60.8 Å². The molecule has 6 heterocycles. The van der Waals surface area contributed by atoms with Gasteiger partial charge in [-0.3, -0.25) is 14.7 Å². The lowest BCUT2D eigenvalue weighted by Crippen LogP contribution is -2.65.